The molecule has 1 saturated heterocycles. The Morgan fingerprint density at radius 2 is 2.20 bits per heavy atom. The predicted octanol–water partition coefficient (Wildman–Crippen LogP) is 2.11. The summed E-state index contributed by atoms with van der Waals surface area (Å²) in [5.74, 6) is 1.55. The van der Waals surface area contributed by atoms with Gasteiger partial charge in [0.15, 0.2) is 5.65 Å². The molecule has 0 N–H and O–H groups in total. The highest BCUT2D eigenvalue weighted by atomic mass is 16.5. The molecule has 2 aromatic heterocycles. The average molecular weight is 272 g/mol. The monoisotopic (exact) mass is 272 g/mol. The second-order valence-electron chi connectivity index (χ2n) is 5.59. The van der Waals surface area contributed by atoms with Crippen molar-refractivity contribution in [1.82, 2.24) is 15.0 Å². The summed E-state index contributed by atoms with van der Waals surface area (Å²) in [4.78, 5) is 15.5. The molecule has 3 rings (SSSR count). The molecular formula is C15H20N4O. The first-order valence-corrected chi connectivity index (χ1v) is 7.03. The number of aryl methyl sites for hydroxylation is 2. The summed E-state index contributed by atoms with van der Waals surface area (Å²) in [5, 5.41) is 1.06. The molecule has 0 spiro atoms. The number of aromatic nitrogens is 3. The smallest absolute Gasteiger partial charge is 0.165 e. The van der Waals surface area contributed by atoms with Gasteiger partial charge in [-0.15, -0.1) is 0 Å². The van der Waals surface area contributed by atoms with E-state index in [0.717, 1.165) is 48.7 Å². The molecule has 0 radical (unpaired) electrons. The largest absolute Gasteiger partial charge is 0.381 e. The molecule has 0 bridgehead atoms. The van der Waals surface area contributed by atoms with E-state index in [1.54, 1.807) is 6.33 Å². The van der Waals surface area contributed by atoms with E-state index in [4.69, 9.17) is 4.74 Å². The van der Waals surface area contributed by atoms with Crippen LogP contribution in [0.4, 0.5) is 5.82 Å². The van der Waals surface area contributed by atoms with Gasteiger partial charge in [-0.05, 0) is 31.9 Å². The zero-order chi connectivity index (χ0) is 14.1. The number of fused-ring (bicyclic) bond motifs is 1. The number of anilines is 1. The minimum absolute atomic E-state index is 0.587. The van der Waals surface area contributed by atoms with E-state index in [9.17, 15) is 0 Å². The number of pyridine rings is 1. The Balaban J connectivity index is 1.97. The normalized spacial score (nSPS) is 18.6. The molecule has 1 aliphatic heterocycles. The highest BCUT2D eigenvalue weighted by molar-refractivity contribution is 5.89. The Morgan fingerprint density at radius 1 is 1.35 bits per heavy atom. The lowest BCUT2D eigenvalue weighted by Gasteiger charge is -2.23. The maximum Gasteiger partial charge on any atom is 0.165 e. The van der Waals surface area contributed by atoms with Crippen LogP contribution in [0.3, 0.4) is 0 Å². The molecule has 0 aromatic carbocycles. The molecule has 20 heavy (non-hydrogen) atoms. The van der Waals surface area contributed by atoms with Gasteiger partial charge in [-0.1, -0.05) is 0 Å². The van der Waals surface area contributed by atoms with E-state index in [1.165, 1.54) is 5.56 Å². The molecule has 0 unspecified atom stereocenters. The maximum atomic E-state index is 5.45. The van der Waals surface area contributed by atoms with E-state index < -0.39 is 0 Å². The minimum Gasteiger partial charge on any atom is -0.381 e. The van der Waals surface area contributed by atoms with Gasteiger partial charge in [-0.2, -0.15) is 0 Å². The quantitative estimate of drug-likeness (QED) is 0.856. The lowest BCUT2D eigenvalue weighted by atomic mass is 10.1. The van der Waals surface area contributed by atoms with Crippen LogP contribution in [0.5, 0.6) is 0 Å². The Morgan fingerprint density at radius 3 is 2.95 bits per heavy atom. The molecule has 2 aromatic rings. The molecular weight excluding hydrogens is 252 g/mol. The van der Waals surface area contributed by atoms with Gasteiger partial charge in [-0.25, -0.2) is 15.0 Å². The standard InChI is InChI=1S/C15H20N4O/c1-10-6-11(2)18-14-13(10)15(17-9-16-14)19(3)7-12-4-5-20-8-12/h6,9,12H,4-5,7-8H2,1-3H3/t12-/m0/s1. The van der Waals surface area contributed by atoms with Gasteiger partial charge >= 0.3 is 0 Å². The number of hydrogen-bond acceptors (Lipinski definition) is 5. The second kappa shape index (κ2) is 5.32. The topological polar surface area (TPSA) is 51.1 Å². The van der Waals surface area contributed by atoms with E-state index in [0.29, 0.717) is 5.92 Å². The lowest BCUT2D eigenvalue weighted by Crippen LogP contribution is -2.26. The van der Waals surface area contributed by atoms with Crippen molar-refractivity contribution in [2.75, 3.05) is 31.7 Å². The van der Waals surface area contributed by atoms with Gasteiger partial charge in [-0.3, -0.25) is 0 Å². The molecule has 3 heterocycles. The number of hydrogen-bond donors (Lipinski definition) is 0. The molecule has 0 amide bonds. The minimum atomic E-state index is 0.587. The summed E-state index contributed by atoms with van der Waals surface area (Å²) in [7, 11) is 2.08. The van der Waals surface area contributed by atoms with Crippen LogP contribution in [0.25, 0.3) is 11.0 Å². The van der Waals surface area contributed by atoms with Crippen molar-refractivity contribution >= 4 is 16.9 Å². The third-order valence-electron chi connectivity index (χ3n) is 3.83. The van der Waals surface area contributed by atoms with Crippen molar-refractivity contribution in [3.8, 4) is 0 Å². The fourth-order valence-electron chi connectivity index (χ4n) is 2.88. The van der Waals surface area contributed by atoms with Crippen molar-refractivity contribution in [1.29, 1.82) is 0 Å². The first kappa shape index (κ1) is 13.2. The summed E-state index contributed by atoms with van der Waals surface area (Å²) >= 11 is 0. The van der Waals surface area contributed by atoms with Crippen molar-refractivity contribution < 1.29 is 4.74 Å². The third kappa shape index (κ3) is 2.45. The number of ether oxygens (including phenoxy) is 1. The molecule has 0 aliphatic carbocycles. The Kier molecular flexibility index (Phi) is 3.53. The zero-order valence-corrected chi connectivity index (χ0v) is 12.3. The van der Waals surface area contributed by atoms with Gasteiger partial charge in [0.1, 0.15) is 12.1 Å². The first-order valence-electron chi connectivity index (χ1n) is 7.03. The molecule has 1 atom stereocenters. The molecule has 0 saturated carbocycles. The molecule has 1 fully saturated rings. The Hall–Kier alpha value is -1.75. The third-order valence-corrected chi connectivity index (χ3v) is 3.83. The van der Waals surface area contributed by atoms with E-state index in [2.05, 4.69) is 39.9 Å². The highest BCUT2D eigenvalue weighted by Gasteiger charge is 2.20. The summed E-state index contributed by atoms with van der Waals surface area (Å²) in [6.45, 7) is 6.77. The molecule has 1 aliphatic rings. The lowest BCUT2D eigenvalue weighted by molar-refractivity contribution is 0.186. The van der Waals surface area contributed by atoms with Crippen LogP contribution >= 0.6 is 0 Å². The Bertz CT molecular complexity index is 623. The predicted molar refractivity (Wildman–Crippen MR) is 79.0 cm³/mol. The maximum absolute atomic E-state index is 5.45. The van der Waals surface area contributed by atoms with Crippen molar-refractivity contribution in [3.05, 3.63) is 23.7 Å². The molecule has 5 heteroatoms. The van der Waals surface area contributed by atoms with Crippen LogP contribution in [0.2, 0.25) is 0 Å². The fourth-order valence-corrected chi connectivity index (χ4v) is 2.88. The highest BCUT2D eigenvalue weighted by Crippen LogP contribution is 2.26. The summed E-state index contributed by atoms with van der Waals surface area (Å²) in [6.07, 6.45) is 2.73. The van der Waals surface area contributed by atoms with Gasteiger partial charge in [0.2, 0.25) is 0 Å². The Labute approximate surface area is 119 Å². The zero-order valence-electron chi connectivity index (χ0n) is 12.3. The van der Waals surface area contributed by atoms with Crippen LogP contribution in [0.15, 0.2) is 12.4 Å². The van der Waals surface area contributed by atoms with Crippen molar-refractivity contribution in [2.24, 2.45) is 5.92 Å². The van der Waals surface area contributed by atoms with Crippen LogP contribution in [0.1, 0.15) is 17.7 Å². The van der Waals surface area contributed by atoms with Crippen LogP contribution in [-0.4, -0.2) is 41.8 Å². The van der Waals surface area contributed by atoms with Crippen molar-refractivity contribution in [2.45, 2.75) is 20.3 Å². The van der Waals surface area contributed by atoms with Crippen molar-refractivity contribution in [3.63, 3.8) is 0 Å². The summed E-state index contributed by atoms with van der Waals surface area (Å²) < 4.78 is 5.45. The number of nitrogens with zero attached hydrogens (tertiary/aromatic N) is 4. The van der Waals surface area contributed by atoms with Gasteiger partial charge in [0, 0.05) is 31.8 Å². The fraction of sp³-hybridized carbons (Fsp3) is 0.533. The average Bonchev–Trinajstić information content (AvgIpc) is 2.90. The van der Waals surface area contributed by atoms with E-state index in [1.807, 2.05) is 6.92 Å². The summed E-state index contributed by atoms with van der Waals surface area (Å²) in [6, 6.07) is 2.09. The SMILES string of the molecule is Cc1cc(C)c2c(N(C)C[C@@H]3CCOC3)ncnc2n1. The van der Waals surface area contributed by atoms with Crippen LogP contribution < -0.4 is 4.90 Å². The molecule has 106 valence electrons. The molecule has 5 nitrogen and oxygen atoms in total. The van der Waals surface area contributed by atoms with Gasteiger partial charge in [0.25, 0.3) is 0 Å². The summed E-state index contributed by atoms with van der Waals surface area (Å²) in [5.41, 5.74) is 2.95. The van der Waals surface area contributed by atoms with Gasteiger partial charge in [0.05, 0.1) is 12.0 Å². The van der Waals surface area contributed by atoms with Crippen LogP contribution in [0, 0.1) is 19.8 Å². The van der Waals surface area contributed by atoms with E-state index >= 15 is 0 Å². The van der Waals surface area contributed by atoms with Gasteiger partial charge < -0.3 is 9.64 Å². The second-order valence-corrected chi connectivity index (χ2v) is 5.59. The van der Waals surface area contributed by atoms with E-state index in [-0.39, 0.29) is 0 Å². The van der Waals surface area contributed by atoms with Crippen LogP contribution in [-0.2, 0) is 4.74 Å². The first-order chi connectivity index (χ1) is 9.65. The number of rotatable bonds is 3.